The van der Waals surface area contributed by atoms with Crippen molar-refractivity contribution in [2.24, 2.45) is 0 Å². The molecule has 0 fully saturated rings. The Labute approximate surface area is 125 Å². The van der Waals surface area contributed by atoms with E-state index in [0.29, 0.717) is 5.82 Å². The maximum absolute atomic E-state index is 12.6. The maximum Gasteiger partial charge on any atom is 0.243 e. The third-order valence-corrected chi connectivity index (χ3v) is 5.23. The molecule has 0 aliphatic rings. The second-order valence-corrected chi connectivity index (χ2v) is 6.92. The van der Waals surface area contributed by atoms with Crippen molar-refractivity contribution in [2.75, 3.05) is 14.1 Å². The van der Waals surface area contributed by atoms with Crippen molar-refractivity contribution in [1.82, 2.24) is 19.6 Å². The van der Waals surface area contributed by atoms with Crippen molar-refractivity contribution in [1.29, 1.82) is 0 Å². The average molecular weight is 308 g/mol. The molecule has 1 atom stereocenters. The molecule has 0 amide bonds. The Morgan fingerprint density at radius 3 is 2.81 bits per heavy atom. The van der Waals surface area contributed by atoms with Crippen molar-refractivity contribution in [3.63, 3.8) is 0 Å². The van der Waals surface area contributed by atoms with Gasteiger partial charge in [-0.15, -0.1) is 0 Å². The van der Waals surface area contributed by atoms with Gasteiger partial charge in [0, 0.05) is 25.5 Å². The minimum absolute atomic E-state index is 0.0931. The molecule has 1 aromatic heterocycles. The number of imidazole rings is 1. The van der Waals surface area contributed by atoms with E-state index in [9.17, 15) is 8.42 Å². The van der Waals surface area contributed by atoms with Gasteiger partial charge >= 0.3 is 0 Å². The SMILES string of the molecule is CNC(C)c1cccc(S(=O)(=O)N(C)Cc2ncc[nH]2)c1. The van der Waals surface area contributed by atoms with Crippen LogP contribution in [0.3, 0.4) is 0 Å². The van der Waals surface area contributed by atoms with Crippen LogP contribution in [0.5, 0.6) is 0 Å². The van der Waals surface area contributed by atoms with E-state index in [2.05, 4.69) is 15.3 Å². The lowest BCUT2D eigenvalue weighted by Crippen LogP contribution is -2.27. The predicted octanol–water partition coefficient (Wildman–Crippen LogP) is 1.51. The molecule has 0 saturated carbocycles. The molecular weight excluding hydrogens is 288 g/mol. The van der Waals surface area contributed by atoms with Crippen LogP contribution in [0.1, 0.15) is 24.4 Å². The first-order valence-corrected chi connectivity index (χ1v) is 8.11. The minimum Gasteiger partial charge on any atom is -0.347 e. The maximum atomic E-state index is 12.6. The summed E-state index contributed by atoms with van der Waals surface area (Å²) in [5, 5.41) is 3.10. The zero-order valence-corrected chi connectivity index (χ0v) is 13.2. The third kappa shape index (κ3) is 3.49. The van der Waals surface area contributed by atoms with Crippen molar-refractivity contribution in [2.45, 2.75) is 24.4 Å². The van der Waals surface area contributed by atoms with E-state index in [1.165, 1.54) is 4.31 Å². The molecular formula is C14H20N4O2S. The van der Waals surface area contributed by atoms with Gasteiger partial charge in [-0.1, -0.05) is 12.1 Å². The highest BCUT2D eigenvalue weighted by molar-refractivity contribution is 7.89. The number of rotatable bonds is 6. The summed E-state index contributed by atoms with van der Waals surface area (Å²) in [5.74, 6) is 0.612. The van der Waals surface area contributed by atoms with Crippen LogP contribution in [-0.4, -0.2) is 36.8 Å². The molecule has 1 aromatic carbocycles. The van der Waals surface area contributed by atoms with Gasteiger partial charge in [-0.3, -0.25) is 0 Å². The van der Waals surface area contributed by atoms with E-state index in [1.807, 2.05) is 20.0 Å². The van der Waals surface area contributed by atoms with Gasteiger partial charge < -0.3 is 10.3 Å². The van der Waals surface area contributed by atoms with Gasteiger partial charge in [-0.2, -0.15) is 4.31 Å². The van der Waals surface area contributed by atoms with Crippen LogP contribution in [0.15, 0.2) is 41.6 Å². The molecule has 0 spiro atoms. The minimum atomic E-state index is -3.53. The number of aromatic nitrogens is 2. The predicted molar refractivity (Wildman–Crippen MR) is 81.2 cm³/mol. The summed E-state index contributed by atoms with van der Waals surface area (Å²) in [6.07, 6.45) is 3.27. The van der Waals surface area contributed by atoms with Crippen molar-refractivity contribution < 1.29 is 8.42 Å². The fourth-order valence-corrected chi connectivity index (χ4v) is 3.16. The van der Waals surface area contributed by atoms with Gasteiger partial charge in [0.25, 0.3) is 0 Å². The molecule has 0 aliphatic heterocycles. The van der Waals surface area contributed by atoms with Crippen molar-refractivity contribution in [3.05, 3.63) is 48.0 Å². The van der Waals surface area contributed by atoms with Crippen LogP contribution < -0.4 is 5.32 Å². The summed E-state index contributed by atoms with van der Waals surface area (Å²) in [7, 11) is -0.144. The number of nitrogens with one attached hydrogen (secondary N) is 2. The molecule has 2 N–H and O–H groups in total. The smallest absolute Gasteiger partial charge is 0.243 e. The zero-order valence-electron chi connectivity index (χ0n) is 12.4. The molecule has 0 aliphatic carbocycles. The van der Waals surface area contributed by atoms with Crippen LogP contribution in [0.2, 0.25) is 0 Å². The van der Waals surface area contributed by atoms with E-state index in [0.717, 1.165) is 5.56 Å². The molecule has 7 heteroatoms. The molecule has 2 aromatic rings. The lowest BCUT2D eigenvalue weighted by Gasteiger charge is -2.17. The van der Waals surface area contributed by atoms with Crippen LogP contribution >= 0.6 is 0 Å². The van der Waals surface area contributed by atoms with Crippen LogP contribution in [-0.2, 0) is 16.6 Å². The number of benzene rings is 1. The van der Waals surface area contributed by atoms with Crippen LogP contribution in [0, 0.1) is 0 Å². The molecule has 1 heterocycles. The topological polar surface area (TPSA) is 78.1 Å². The van der Waals surface area contributed by atoms with Gasteiger partial charge in [0.15, 0.2) is 0 Å². The highest BCUT2D eigenvalue weighted by Gasteiger charge is 2.22. The molecule has 0 saturated heterocycles. The normalized spacial score (nSPS) is 13.5. The Morgan fingerprint density at radius 1 is 1.43 bits per heavy atom. The van der Waals surface area contributed by atoms with Crippen LogP contribution in [0.4, 0.5) is 0 Å². The molecule has 1 unspecified atom stereocenters. The van der Waals surface area contributed by atoms with E-state index in [1.54, 1.807) is 37.6 Å². The standard InChI is InChI=1S/C14H20N4O2S/c1-11(15-2)12-5-4-6-13(9-12)21(19,20)18(3)10-14-16-7-8-17-14/h4-9,11,15H,10H2,1-3H3,(H,16,17). The van der Waals surface area contributed by atoms with Crippen molar-refractivity contribution >= 4 is 10.0 Å². The van der Waals surface area contributed by atoms with E-state index in [-0.39, 0.29) is 17.5 Å². The van der Waals surface area contributed by atoms with E-state index < -0.39 is 10.0 Å². The summed E-state index contributed by atoms with van der Waals surface area (Å²) in [4.78, 5) is 7.24. The lowest BCUT2D eigenvalue weighted by molar-refractivity contribution is 0.458. The second-order valence-electron chi connectivity index (χ2n) is 4.88. The van der Waals surface area contributed by atoms with E-state index in [4.69, 9.17) is 0 Å². The summed E-state index contributed by atoms with van der Waals surface area (Å²) >= 11 is 0. The number of hydrogen-bond donors (Lipinski definition) is 2. The first kappa shape index (κ1) is 15.7. The fraction of sp³-hybridized carbons (Fsp3) is 0.357. The monoisotopic (exact) mass is 308 g/mol. The van der Waals surface area contributed by atoms with Gasteiger partial charge in [0.1, 0.15) is 5.82 Å². The van der Waals surface area contributed by atoms with Gasteiger partial charge in [0.05, 0.1) is 11.4 Å². The second kappa shape index (κ2) is 6.38. The van der Waals surface area contributed by atoms with Gasteiger partial charge in [-0.05, 0) is 31.7 Å². The van der Waals surface area contributed by atoms with E-state index >= 15 is 0 Å². The van der Waals surface area contributed by atoms with Gasteiger partial charge in [0.2, 0.25) is 10.0 Å². The first-order chi connectivity index (χ1) is 9.95. The summed E-state index contributed by atoms with van der Waals surface area (Å²) in [6, 6.07) is 7.08. The molecule has 0 bridgehead atoms. The Kier molecular flexibility index (Phi) is 4.76. The molecule has 21 heavy (non-hydrogen) atoms. The quantitative estimate of drug-likeness (QED) is 0.848. The molecule has 114 valence electrons. The molecule has 0 radical (unpaired) electrons. The molecule has 6 nitrogen and oxygen atoms in total. The third-order valence-electron chi connectivity index (χ3n) is 3.43. The molecule has 2 rings (SSSR count). The van der Waals surface area contributed by atoms with Crippen molar-refractivity contribution in [3.8, 4) is 0 Å². The Bertz CT molecular complexity index is 683. The Hall–Kier alpha value is -1.70. The number of nitrogens with zero attached hydrogens (tertiary/aromatic N) is 2. The average Bonchev–Trinajstić information content (AvgIpc) is 2.99. The number of hydrogen-bond acceptors (Lipinski definition) is 4. The highest BCUT2D eigenvalue weighted by Crippen LogP contribution is 2.20. The summed E-state index contributed by atoms with van der Waals surface area (Å²) in [5.41, 5.74) is 0.935. The largest absolute Gasteiger partial charge is 0.347 e. The van der Waals surface area contributed by atoms with Gasteiger partial charge in [-0.25, -0.2) is 13.4 Å². The number of aromatic amines is 1. The van der Waals surface area contributed by atoms with Crippen LogP contribution in [0.25, 0.3) is 0 Å². The Balaban J connectivity index is 2.26. The summed E-state index contributed by atoms with van der Waals surface area (Å²) < 4.78 is 26.5. The zero-order chi connectivity index (χ0) is 15.5. The number of H-pyrrole nitrogens is 1. The highest BCUT2D eigenvalue weighted by atomic mass is 32.2. The first-order valence-electron chi connectivity index (χ1n) is 6.67. The number of sulfonamides is 1. The Morgan fingerprint density at radius 2 is 2.19 bits per heavy atom. The lowest BCUT2D eigenvalue weighted by atomic mass is 10.1. The fourth-order valence-electron chi connectivity index (χ4n) is 1.97. The summed E-state index contributed by atoms with van der Waals surface area (Å²) in [6.45, 7) is 2.19.